The van der Waals surface area contributed by atoms with E-state index in [2.05, 4.69) is 4.98 Å². The number of anilines is 1. The molecule has 3 rings (SSSR count). The molecule has 0 spiro atoms. The number of quaternary nitrogens is 1. The first kappa shape index (κ1) is 20.9. The number of carbonyl (C=O) groups is 2. The lowest BCUT2D eigenvalue weighted by molar-refractivity contribution is -0.917. The van der Waals surface area contributed by atoms with E-state index in [1.807, 2.05) is 42.1 Å². The van der Waals surface area contributed by atoms with Gasteiger partial charge in [0.25, 0.3) is 0 Å². The number of piperazine rings is 1. The zero-order chi connectivity index (χ0) is 21.1. The van der Waals surface area contributed by atoms with Crippen LogP contribution in [0.3, 0.4) is 0 Å². The van der Waals surface area contributed by atoms with Crippen LogP contribution in [0.25, 0.3) is 10.9 Å². The topological polar surface area (TPSA) is 87.2 Å². The van der Waals surface area contributed by atoms with E-state index in [1.54, 1.807) is 13.8 Å². The zero-order valence-electron chi connectivity index (χ0n) is 17.5. The summed E-state index contributed by atoms with van der Waals surface area (Å²) in [6.45, 7) is 6.73. The molecule has 1 amide bonds. The number of hydrogen-bond donors (Lipinski definition) is 2. The number of nitrogens with one attached hydrogen (secondary N) is 2. The molecule has 2 N–H and O–H groups in total. The van der Waals surface area contributed by atoms with Crippen molar-refractivity contribution >= 4 is 28.5 Å². The lowest BCUT2D eigenvalue weighted by atomic mass is 10.1. The van der Waals surface area contributed by atoms with Crippen molar-refractivity contribution in [1.82, 2.24) is 9.88 Å². The van der Waals surface area contributed by atoms with Crippen molar-refractivity contribution < 1.29 is 19.2 Å². The lowest BCUT2D eigenvalue weighted by Gasteiger charge is -2.31. The fourth-order valence-corrected chi connectivity index (χ4v) is 3.70. The second-order valence-electron chi connectivity index (χ2n) is 7.59. The number of pyridine rings is 1. The first-order valence-electron chi connectivity index (χ1n) is 9.94. The molecule has 1 saturated heterocycles. The number of benzene rings is 1. The molecule has 29 heavy (non-hydrogen) atoms. The van der Waals surface area contributed by atoms with Crippen molar-refractivity contribution in [3.05, 3.63) is 39.7 Å². The van der Waals surface area contributed by atoms with E-state index >= 15 is 0 Å². The number of ether oxygens (including phenoxy) is 1. The number of H-pyrrole nitrogens is 1. The molecule has 2 aromatic rings. The van der Waals surface area contributed by atoms with Crippen LogP contribution in [0, 0.1) is 0 Å². The van der Waals surface area contributed by atoms with E-state index in [-0.39, 0.29) is 23.6 Å². The first-order valence-corrected chi connectivity index (χ1v) is 9.94. The zero-order valence-corrected chi connectivity index (χ0v) is 17.5. The Bertz CT molecular complexity index is 975. The third kappa shape index (κ3) is 4.42. The third-order valence-corrected chi connectivity index (χ3v) is 5.42. The lowest BCUT2D eigenvalue weighted by Crippen LogP contribution is -3.13. The second-order valence-corrected chi connectivity index (χ2v) is 7.59. The van der Waals surface area contributed by atoms with E-state index in [1.165, 1.54) is 4.90 Å². The largest absolute Gasteiger partial charge is 0.461 e. The average Bonchev–Trinajstić information content (AvgIpc) is 2.70. The fraction of sp³-hybridized carbons (Fsp3) is 0.476. The van der Waals surface area contributed by atoms with E-state index < -0.39 is 5.97 Å². The van der Waals surface area contributed by atoms with Crippen molar-refractivity contribution in [3.8, 4) is 0 Å². The Hall–Kier alpha value is -2.87. The molecule has 0 radical (unpaired) electrons. The van der Waals surface area contributed by atoms with Crippen molar-refractivity contribution in [3.63, 3.8) is 0 Å². The minimum absolute atomic E-state index is 0.0658. The summed E-state index contributed by atoms with van der Waals surface area (Å²) < 4.78 is 5.19. The molecule has 2 heterocycles. The third-order valence-electron chi connectivity index (χ3n) is 5.42. The van der Waals surface area contributed by atoms with Crippen LogP contribution in [0.5, 0.6) is 0 Å². The van der Waals surface area contributed by atoms with Gasteiger partial charge < -0.3 is 24.4 Å². The van der Waals surface area contributed by atoms with Gasteiger partial charge in [-0.15, -0.1) is 0 Å². The molecule has 1 aromatic heterocycles. The Morgan fingerprint density at radius 1 is 1.24 bits per heavy atom. The maximum Gasteiger partial charge on any atom is 0.355 e. The van der Waals surface area contributed by atoms with Crippen molar-refractivity contribution in [2.75, 3.05) is 51.8 Å². The molecule has 1 aliphatic heterocycles. The fourth-order valence-electron chi connectivity index (χ4n) is 3.70. The Kier molecular flexibility index (Phi) is 6.22. The van der Waals surface area contributed by atoms with Gasteiger partial charge in [0.2, 0.25) is 5.91 Å². The van der Waals surface area contributed by atoms with Gasteiger partial charge in [-0.1, -0.05) is 0 Å². The standard InChI is InChI=1S/C21H28N4O4/c1-5-29-21(28)19-17(13-24-8-10-25(11-9-24)14(2)26)20(27)16-12-15(23(3)4)6-7-18(16)22-19/h6-7,12H,5,8-11,13H2,1-4H3,(H,22,27)/p+1. The van der Waals surface area contributed by atoms with Crippen LogP contribution in [0.4, 0.5) is 5.69 Å². The number of esters is 1. The summed E-state index contributed by atoms with van der Waals surface area (Å²) in [6.07, 6.45) is 0. The summed E-state index contributed by atoms with van der Waals surface area (Å²) in [7, 11) is 3.84. The van der Waals surface area contributed by atoms with Gasteiger partial charge in [-0.05, 0) is 25.1 Å². The van der Waals surface area contributed by atoms with E-state index in [9.17, 15) is 14.4 Å². The van der Waals surface area contributed by atoms with Gasteiger partial charge >= 0.3 is 5.97 Å². The molecule has 1 fully saturated rings. The highest BCUT2D eigenvalue weighted by Crippen LogP contribution is 2.19. The molecule has 8 heteroatoms. The predicted molar refractivity (Wildman–Crippen MR) is 112 cm³/mol. The highest BCUT2D eigenvalue weighted by molar-refractivity contribution is 5.93. The summed E-state index contributed by atoms with van der Waals surface area (Å²) in [4.78, 5) is 45.5. The Labute approximate surface area is 170 Å². The van der Waals surface area contributed by atoms with E-state index in [4.69, 9.17) is 4.74 Å². The Morgan fingerprint density at radius 3 is 2.52 bits per heavy atom. The molecule has 0 bridgehead atoms. The number of nitrogens with zero attached hydrogens (tertiary/aromatic N) is 2. The Morgan fingerprint density at radius 2 is 1.93 bits per heavy atom. The van der Waals surface area contributed by atoms with E-state index in [0.717, 1.165) is 18.8 Å². The number of fused-ring (bicyclic) bond motifs is 1. The summed E-state index contributed by atoms with van der Waals surface area (Å²) in [5.41, 5.74) is 2.05. The normalized spacial score (nSPS) is 14.8. The molecule has 0 unspecified atom stereocenters. The molecular weight excluding hydrogens is 372 g/mol. The molecule has 8 nitrogen and oxygen atoms in total. The maximum absolute atomic E-state index is 13.4. The molecule has 0 aliphatic carbocycles. The Balaban J connectivity index is 2.01. The predicted octanol–water partition coefficient (Wildman–Crippen LogP) is 0.0178. The van der Waals surface area contributed by atoms with Gasteiger partial charge in [-0.3, -0.25) is 9.59 Å². The van der Waals surface area contributed by atoms with Gasteiger partial charge in [0.1, 0.15) is 12.2 Å². The van der Waals surface area contributed by atoms with Crippen LogP contribution >= 0.6 is 0 Å². The smallest absolute Gasteiger partial charge is 0.355 e. The number of aromatic amines is 1. The molecule has 1 aliphatic rings. The quantitative estimate of drug-likeness (QED) is 0.690. The van der Waals surface area contributed by atoms with Gasteiger partial charge in [-0.2, -0.15) is 0 Å². The minimum Gasteiger partial charge on any atom is -0.461 e. The molecule has 0 saturated carbocycles. The maximum atomic E-state index is 13.4. The average molecular weight is 401 g/mol. The first-order chi connectivity index (χ1) is 13.8. The van der Waals surface area contributed by atoms with Crippen LogP contribution in [0.15, 0.2) is 23.0 Å². The van der Waals surface area contributed by atoms with Crippen molar-refractivity contribution in [2.24, 2.45) is 0 Å². The highest BCUT2D eigenvalue weighted by Gasteiger charge is 2.26. The van der Waals surface area contributed by atoms with Crippen molar-refractivity contribution in [2.45, 2.75) is 20.4 Å². The number of carbonyl (C=O) groups excluding carboxylic acids is 2. The number of aromatic nitrogens is 1. The van der Waals surface area contributed by atoms with Crippen LogP contribution < -0.4 is 15.2 Å². The van der Waals surface area contributed by atoms with Crippen LogP contribution in [0.2, 0.25) is 0 Å². The minimum atomic E-state index is -0.514. The molecule has 0 atom stereocenters. The monoisotopic (exact) mass is 401 g/mol. The van der Waals surface area contributed by atoms with Gasteiger partial charge in [0.05, 0.1) is 43.9 Å². The van der Waals surface area contributed by atoms with Crippen molar-refractivity contribution in [1.29, 1.82) is 0 Å². The molecule has 156 valence electrons. The summed E-state index contributed by atoms with van der Waals surface area (Å²) in [5.74, 6) is -0.448. The van der Waals surface area contributed by atoms with Crippen LogP contribution in [0.1, 0.15) is 29.9 Å². The summed E-state index contributed by atoms with van der Waals surface area (Å²) in [6, 6.07) is 5.56. The number of hydrogen-bond acceptors (Lipinski definition) is 5. The van der Waals surface area contributed by atoms with Crippen LogP contribution in [-0.4, -0.2) is 68.6 Å². The van der Waals surface area contributed by atoms with Gasteiger partial charge in [0.15, 0.2) is 5.43 Å². The second kappa shape index (κ2) is 8.65. The van der Waals surface area contributed by atoms with E-state index in [0.29, 0.717) is 36.1 Å². The molecule has 1 aromatic carbocycles. The summed E-state index contributed by atoms with van der Waals surface area (Å²) in [5, 5.41) is 0.557. The van der Waals surface area contributed by atoms with Crippen LogP contribution in [-0.2, 0) is 16.1 Å². The summed E-state index contributed by atoms with van der Waals surface area (Å²) >= 11 is 0. The highest BCUT2D eigenvalue weighted by atomic mass is 16.5. The van der Waals surface area contributed by atoms with Gasteiger partial charge in [-0.25, -0.2) is 4.79 Å². The number of rotatable bonds is 5. The SMILES string of the molecule is CCOC(=O)c1[nH]c2ccc(N(C)C)cc2c(=O)c1C[NH+]1CCN(C(C)=O)CC1. The molecular formula is C21H29N4O4+. The number of amides is 1. The van der Waals surface area contributed by atoms with Gasteiger partial charge in [0, 0.05) is 32.1 Å².